The predicted molar refractivity (Wildman–Crippen MR) is 90.1 cm³/mol. The van der Waals surface area contributed by atoms with Crippen LogP contribution in [0.4, 0.5) is 5.69 Å². The summed E-state index contributed by atoms with van der Waals surface area (Å²) in [7, 11) is 3.85. The van der Waals surface area contributed by atoms with E-state index in [9.17, 15) is 4.79 Å². The average Bonchev–Trinajstić information content (AvgIpc) is 2.94. The highest BCUT2D eigenvalue weighted by molar-refractivity contribution is 6.30. The van der Waals surface area contributed by atoms with E-state index >= 15 is 0 Å². The molecule has 0 bridgehead atoms. The number of anilines is 1. The smallest absolute Gasteiger partial charge is 0.338 e. The Bertz CT molecular complexity index is 858. The van der Waals surface area contributed by atoms with Gasteiger partial charge in [-0.15, -0.1) is 0 Å². The van der Waals surface area contributed by atoms with Crippen LogP contribution in [0.15, 0.2) is 48.8 Å². The molecule has 5 nitrogen and oxygen atoms in total. The van der Waals surface area contributed by atoms with Gasteiger partial charge in [0.2, 0.25) is 0 Å². The van der Waals surface area contributed by atoms with E-state index in [4.69, 9.17) is 16.3 Å². The molecule has 3 aromatic rings. The third kappa shape index (κ3) is 3.46. The Hall–Kier alpha value is -2.53. The molecule has 0 unspecified atom stereocenters. The molecule has 0 atom stereocenters. The zero-order valence-corrected chi connectivity index (χ0v) is 13.6. The third-order valence-corrected chi connectivity index (χ3v) is 3.64. The summed E-state index contributed by atoms with van der Waals surface area (Å²) in [4.78, 5) is 18.5. The van der Waals surface area contributed by atoms with Gasteiger partial charge in [-0.25, -0.2) is 9.78 Å². The lowest BCUT2D eigenvalue weighted by Crippen LogP contribution is -2.11. The summed E-state index contributed by atoms with van der Waals surface area (Å²) >= 11 is 5.94. The molecule has 0 saturated heterocycles. The van der Waals surface area contributed by atoms with Crippen molar-refractivity contribution in [3.8, 4) is 0 Å². The molecule has 0 aliphatic rings. The summed E-state index contributed by atoms with van der Waals surface area (Å²) in [6.45, 7) is 0.115. The summed E-state index contributed by atoms with van der Waals surface area (Å²) in [5, 5.41) is 0.624. The number of aromatic nitrogens is 2. The highest BCUT2D eigenvalue weighted by Crippen LogP contribution is 2.16. The zero-order chi connectivity index (χ0) is 16.4. The number of carbonyl (C=O) groups excluding carboxylic acids is 1. The van der Waals surface area contributed by atoms with Crippen LogP contribution in [-0.2, 0) is 11.3 Å². The van der Waals surface area contributed by atoms with Crippen molar-refractivity contribution in [2.75, 3.05) is 19.0 Å². The second kappa shape index (κ2) is 6.30. The van der Waals surface area contributed by atoms with Gasteiger partial charge in [0, 0.05) is 32.2 Å². The highest BCUT2D eigenvalue weighted by atomic mass is 35.5. The van der Waals surface area contributed by atoms with E-state index in [0.717, 1.165) is 11.3 Å². The van der Waals surface area contributed by atoms with Gasteiger partial charge in [-0.1, -0.05) is 17.7 Å². The Morgan fingerprint density at radius 1 is 1.26 bits per heavy atom. The van der Waals surface area contributed by atoms with Gasteiger partial charge in [-0.2, -0.15) is 0 Å². The van der Waals surface area contributed by atoms with Gasteiger partial charge in [-0.05, 0) is 30.3 Å². The Kier molecular flexibility index (Phi) is 4.21. The lowest BCUT2D eigenvalue weighted by Gasteiger charge is -2.13. The largest absolute Gasteiger partial charge is 0.456 e. The molecule has 118 valence electrons. The number of ether oxygens (including phenoxy) is 1. The molecular weight excluding hydrogens is 314 g/mol. The molecule has 1 aromatic carbocycles. The fraction of sp³-hybridized carbons (Fsp3) is 0.176. The van der Waals surface area contributed by atoms with Crippen LogP contribution in [0.2, 0.25) is 5.02 Å². The lowest BCUT2D eigenvalue weighted by molar-refractivity contribution is 0.0468. The van der Waals surface area contributed by atoms with E-state index in [0.29, 0.717) is 16.3 Å². The minimum atomic E-state index is -0.371. The van der Waals surface area contributed by atoms with E-state index < -0.39 is 0 Å². The second-order valence-electron chi connectivity index (χ2n) is 5.37. The Morgan fingerprint density at radius 2 is 2.09 bits per heavy atom. The molecule has 0 amide bonds. The molecule has 0 radical (unpaired) electrons. The molecule has 23 heavy (non-hydrogen) atoms. The number of carbonyl (C=O) groups is 1. The maximum Gasteiger partial charge on any atom is 0.338 e. The van der Waals surface area contributed by atoms with Crippen LogP contribution in [0.25, 0.3) is 5.65 Å². The summed E-state index contributed by atoms with van der Waals surface area (Å²) in [6, 6.07) is 10.9. The summed E-state index contributed by atoms with van der Waals surface area (Å²) in [6.07, 6.45) is 3.56. The number of hydrogen-bond donors (Lipinski definition) is 0. The maximum absolute atomic E-state index is 12.2. The van der Waals surface area contributed by atoms with Crippen LogP contribution in [0, 0.1) is 0 Å². The fourth-order valence-electron chi connectivity index (χ4n) is 2.22. The molecule has 0 saturated carbocycles. The van der Waals surface area contributed by atoms with Gasteiger partial charge in [0.05, 0.1) is 16.3 Å². The number of halogens is 1. The number of rotatable bonds is 4. The molecule has 0 spiro atoms. The Labute approximate surface area is 139 Å². The molecule has 2 aromatic heterocycles. The first-order valence-electron chi connectivity index (χ1n) is 7.10. The standard InChI is InChI=1S/C17H16ClN3O2/c1-20(2)15-5-3-4-12(8-15)17(22)23-11-14-10-21-9-13(18)6-7-16(21)19-14/h3-10H,11H2,1-2H3. The van der Waals surface area contributed by atoms with Crippen molar-refractivity contribution in [1.82, 2.24) is 9.38 Å². The number of imidazole rings is 1. The quantitative estimate of drug-likeness (QED) is 0.688. The van der Waals surface area contributed by atoms with Gasteiger partial charge in [-0.3, -0.25) is 0 Å². The number of fused-ring (bicyclic) bond motifs is 1. The van der Waals surface area contributed by atoms with E-state index in [2.05, 4.69) is 4.98 Å². The highest BCUT2D eigenvalue weighted by Gasteiger charge is 2.10. The van der Waals surface area contributed by atoms with E-state index in [1.54, 1.807) is 35.0 Å². The zero-order valence-electron chi connectivity index (χ0n) is 12.9. The monoisotopic (exact) mass is 329 g/mol. The number of nitrogens with zero attached hydrogens (tertiary/aromatic N) is 3. The summed E-state index contributed by atoms with van der Waals surface area (Å²) in [5.41, 5.74) is 2.89. The number of benzene rings is 1. The van der Waals surface area contributed by atoms with Gasteiger partial charge < -0.3 is 14.0 Å². The van der Waals surface area contributed by atoms with Crippen LogP contribution >= 0.6 is 11.6 Å². The first kappa shape index (κ1) is 15.4. The predicted octanol–water partition coefficient (Wildman–Crippen LogP) is 3.41. The topological polar surface area (TPSA) is 46.8 Å². The average molecular weight is 330 g/mol. The number of pyridine rings is 1. The lowest BCUT2D eigenvalue weighted by atomic mass is 10.2. The Balaban J connectivity index is 1.71. The van der Waals surface area contributed by atoms with Crippen molar-refractivity contribution in [1.29, 1.82) is 0 Å². The van der Waals surface area contributed by atoms with Crippen LogP contribution in [0.1, 0.15) is 16.1 Å². The molecule has 0 aliphatic heterocycles. The normalized spacial score (nSPS) is 10.7. The van der Waals surface area contributed by atoms with Crippen molar-refractivity contribution >= 4 is 28.9 Å². The maximum atomic E-state index is 12.2. The van der Waals surface area contributed by atoms with Gasteiger partial charge in [0.15, 0.2) is 0 Å². The molecule has 3 rings (SSSR count). The van der Waals surface area contributed by atoms with Gasteiger partial charge >= 0.3 is 5.97 Å². The molecule has 2 heterocycles. The van der Waals surface area contributed by atoms with E-state index in [1.165, 1.54) is 0 Å². The molecular formula is C17H16ClN3O2. The molecule has 0 N–H and O–H groups in total. The van der Waals surface area contributed by atoms with Gasteiger partial charge in [0.1, 0.15) is 12.3 Å². The van der Waals surface area contributed by atoms with Crippen molar-refractivity contribution in [3.05, 3.63) is 65.1 Å². The van der Waals surface area contributed by atoms with Crippen molar-refractivity contribution in [3.63, 3.8) is 0 Å². The van der Waals surface area contributed by atoms with Crippen molar-refractivity contribution in [2.24, 2.45) is 0 Å². The van der Waals surface area contributed by atoms with E-state index in [1.807, 2.05) is 37.2 Å². The van der Waals surface area contributed by atoms with Crippen molar-refractivity contribution in [2.45, 2.75) is 6.61 Å². The first-order valence-corrected chi connectivity index (χ1v) is 7.48. The first-order chi connectivity index (χ1) is 11.0. The Morgan fingerprint density at radius 3 is 2.87 bits per heavy atom. The fourth-order valence-corrected chi connectivity index (χ4v) is 2.39. The SMILES string of the molecule is CN(C)c1cccc(C(=O)OCc2cn3cc(Cl)ccc3n2)c1. The molecule has 6 heteroatoms. The second-order valence-corrected chi connectivity index (χ2v) is 5.80. The van der Waals surface area contributed by atoms with Crippen LogP contribution in [0.3, 0.4) is 0 Å². The summed E-state index contributed by atoms with van der Waals surface area (Å²) < 4.78 is 7.15. The minimum absolute atomic E-state index is 0.115. The number of hydrogen-bond acceptors (Lipinski definition) is 4. The van der Waals surface area contributed by atoms with Crippen LogP contribution in [-0.4, -0.2) is 29.4 Å². The summed E-state index contributed by atoms with van der Waals surface area (Å²) in [5.74, 6) is -0.371. The van der Waals surface area contributed by atoms with Crippen molar-refractivity contribution < 1.29 is 9.53 Å². The van der Waals surface area contributed by atoms with Crippen LogP contribution in [0.5, 0.6) is 0 Å². The number of esters is 1. The van der Waals surface area contributed by atoms with Gasteiger partial charge in [0.25, 0.3) is 0 Å². The molecule has 0 aliphatic carbocycles. The third-order valence-electron chi connectivity index (χ3n) is 3.41. The van der Waals surface area contributed by atoms with E-state index in [-0.39, 0.29) is 12.6 Å². The molecule has 0 fully saturated rings. The minimum Gasteiger partial charge on any atom is -0.456 e. The van der Waals surface area contributed by atoms with Crippen LogP contribution < -0.4 is 4.90 Å².